The maximum absolute atomic E-state index is 13.6. The third-order valence-electron chi connectivity index (χ3n) is 7.95. The maximum atomic E-state index is 13.6. The van der Waals surface area contributed by atoms with Crippen molar-refractivity contribution in [2.24, 2.45) is 5.92 Å². The van der Waals surface area contributed by atoms with Crippen molar-refractivity contribution in [2.75, 3.05) is 18.4 Å². The zero-order chi connectivity index (χ0) is 29.2. The smallest absolute Gasteiger partial charge is 0.256 e. The van der Waals surface area contributed by atoms with Gasteiger partial charge in [0.2, 0.25) is 10.0 Å². The summed E-state index contributed by atoms with van der Waals surface area (Å²) in [6.07, 6.45) is 2.72. The van der Waals surface area contributed by atoms with Gasteiger partial charge in [-0.25, -0.2) is 13.4 Å². The SMILES string of the molecule is CC1CCCN(S(=O)(=O)c2ccc(C(=O)Nc3sc4c(c3-c3nc5ccccc5s3)CC(C)(C)NC4(C)C)cc2)C1. The molecule has 1 saturated heterocycles. The van der Waals surface area contributed by atoms with Crippen molar-refractivity contribution >= 4 is 53.8 Å². The van der Waals surface area contributed by atoms with Crippen molar-refractivity contribution < 1.29 is 13.2 Å². The number of fused-ring (bicyclic) bond motifs is 2. The summed E-state index contributed by atoms with van der Waals surface area (Å²) in [6, 6.07) is 14.4. The van der Waals surface area contributed by atoms with Crippen molar-refractivity contribution in [1.82, 2.24) is 14.6 Å². The standard InChI is InChI=1S/C31H36N4O3S3/c1-19-9-8-16-35(18-19)41(37,38)21-14-12-20(13-15-21)27(36)33-29-25(28-32-23-10-6-7-11-24(23)39-28)22-17-30(2,3)34-31(4,5)26(22)40-29/h6-7,10-15,19,34H,8-9,16-18H2,1-5H3,(H,33,36). The van der Waals surface area contributed by atoms with E-state index in [1.165, 1.54) is 10.4 Å². The fourth-order valence-corrected chi connectivity index (χ4v) is 10.3. The van der Waals surface area contributed by atoms with Crippen molar-refractivity contribution in [3.63, 3.8) is 0 Å². The van der Waals surface area contributed by atoms with Gasteiger partial charge in [0.25, 0.3) is 5.91 Å². The number of thiophene rings is 1. The Hall–Kier alpha value is -2.63. The van der Waals surface area contributed by atoms with Crippen LogP contribution in [0.1, 0.15) is 68.3 Å². The molecule has 0 aliphatic carbocycles. The highest BCUT2D eigenvalue weighted by molar-refractivity contribution is 7.89. The number of anilines is 1. The molecule has 4 aromatic rings. The largest absolute Gasteiger partial charge is 0.313 e. The predicted octanol–water partition coefficient (Wildman–Crippen LogP) is 6.86. The molecule has 4 heterocycles. The molecule has 6 rings (SSSR count). The molecule has 1 atom stereocenters. The van der Waals surface area contributed by atoms with Crippen LogP contribution < -0.4 is 10.6 Å². The van der Waals surface area contributed by atoms with Crippen LogP contribution in [0.3, 0.4) is 0 Å². The van der Waals surface area contributed by atoms with E-state index in [1.807, 2.05) is 18.2 Å². The molecule has 10 heteroatoms. The lowest BCUT2D eigenvalue weighted by molar-refractivity contribution is 0.102. The third kappa shape index (κ3) is 5.36. The monoisotopic (exact) mass is 608 g/mol. The van der Waals surface area contributed by atoms with Crippen LogP contribution in [0.4, 0.5) is 5.00 Å². The van der Waals surface area contributed by atoms with Gasteiger partial charge in [0.05, 0.1) is 15.1 Å². The summed E-state index contributed by atoms with van der Waals surface area (Å²) in [6.45, 7) is 11.9. The van der Waals surface area contributed by atoms with Gasteiger partial charge >= 0.3 is 0 Å². The Morgan fingerprint density at radius 1 is 1.07 bits per heavy atom. The number of carbonyl (C=O) groups is 1. The molecule has 0 radical (unpaired) electrons. The zero-order valence-electron chi connectivity index (χ0n) is 24.1. The highest BCUT2D eigenvalue weighted by atomic mass is 32.2. The van der Waals surface area contributed by atoms with Crippen LogP contribution in [0.25, 0.3) is 20.8 Å². The Kier molecular flexibility index (Phi) is 7.14. The average molecular weight is 609 g/mol. The van der Waals surface area contributed by atoms with Gasteiger partial charge < -0.3 is 10.6 Å². The summed E-state index contributed by atoms with van der Waals surface area (Å²) in [5, 5.41) is 8.60. The molecule has 216 valence electrons. The van der Waals surface area contributed by atoms with E-state index in [0.29, 0.717) is 24.6 Å². The van der Waals surface area contributed by atoms with Gasteiger partial charge in [-0.2, -0.15) is 4.31 Å². The Morgan fingerprint density at radius 2 is 1.80 bits per heavy atom. The van der Waals surface area contributed by atoms with E-state index < -0.39 is 10.0 Å². The molecule has 2 N–H and O–H groups in total. The van der Waals surface area contributed by atoms with E-state index in [1.54, 1.807) is 51.2 Å². The van der Waals surface area contributed by atoms with Crippen LogP contribution >= 0.6 is 22.7 Å². The highest BCUT2D eigenvalue weighted by Crippen LogP contribution is 2.50. The van der Waals surface area contributed by atoms with Crippen LogP contribution in [0.2, 0.25) is 0 Å². The number of amides is 1. The first-order chi connectivity index (χ1) is 19.3. The summed E-state index contributed by atoms with van der Waals surface area (Å²) < 4.78 is 29.1. The number of rotatable bonds is 5. The van der Waals surface area contributed by atoms with Crippen molar-refractivity contribution in [3.05, 3.63) is 64.5 Å². The molecule has 0 saturated carbocycles. The third-order valence-corrected chi connectivity index (χ3v) is 12.4. The lowest BCUT2D eigenvalue weighted by atomic mass is 9.81. The van der Waals surface area contributed by atoms with Crippen LogP contribution in [0.15, 0.2) is 53.4 Å². The van der Waals surface area contributed by atoms with Crippen LogP contribution in [0.5, 0.6) is 0 Å². The number of nitrogens with zero attached hydrogens (tertiary/aromatic N) is 2. The van der Waals surface area contributed by atoms with E-state index in [4.69, 9.17) is 4.98 Å². The van der Waals surface area contributed by atoms with Crippen molar-refractivity contribution in [2.45, 2.75) is 69.9 Å². The molecule has 0 bridgehead atoms. The summed E-state index contributed by atoms with van der Waals surface area (Å²) in [5.74, 6) is 0.0714. The van der Waals surface area contributed by atoms with Crippen molar-refractivity contribution in [1.29, 1.82) is 0 Å². The Morgan fingerprint density at radius 3 is 2.51 bits per heavy atom. The quantitative estimate of drug-likeness (QED) is 0.258. The normalized spacial score (nSPS) is 20.6. The van der Waals surface area contributed by atoms with E-state index in [0.717, 1.165) is 45.1 Å². The first-order valence-electron chi connectivity index (χ1n) is 14.1. The molecule has 2 aliphatic rings. The number of piperidine rings is 1. The van der Waals surface area contributed by atoms with E-state index >= 15 is 0 Å². The molecule has 7 nitrogen and oxygen atoms in total. The number of hydrogen-bond acceptors (Lipinski definition) is 7. The zero-order valence-corrected chi connectivity index (χ0v) is 26.5. The molecule has 0 spiro atoms. The first-order valence-corrected chi connectivity index (χ1v) is 17.1. The average Bonchev–Trinajstić information content (AvgIpc) is 3.49. The lowest BCUT2D eigenvalue weighted by Crippen LogP contribution is -2.54. The number of nitrogens with one attached hydrogen (secondary N) is 2. The second kappa shape index (κ2) is 10.3. The van der Waals surface area contributed by atoms with Gasteiger partial charge in [-0.05, 0) is 94.8 Å². The number of aromatic nitrogens is 1. The number of benzene rings is 2. The maximum Gasteiger partial charge on any atom is 0.256 e. The minimum Gasteiger partial charge on any atom is -0.313 e. The molecule has 1 unspecified atom stereocenters. The molecule has 1 fully saturated rings. The van der Waals surface area contributed by atoms with Crippen molar-refractivity contribution in [3.8, 4) is 10.6 Å². The van der Waals surface area contributed by atoms with Gasteiger partial charge in [0.15, 0.2) is 0 Å². The van der Waals surface area contributed by atoms with E-state index in [9.17, 15) is 13.2 Å². The number of para-hydroxylation sites is 1. The molecule has 2 aromatic carbocycles. The first kappa shape index (κ1) is 28.5. The fraction of sp³-hybridized carbons (Fsp3) is 0.419. The van der Waals surface area contributed by atoms with Crippen LogP contribution in [0, 0.1) is 5.92 Å². The minimum absolute atomic E-state index is 0.127. The number of thiazole rings is 1. The predicted molar refractivity (Wildman–Crippen MR) is 168 cm³/mol. The number of carbonyl (C=O) groups excluding carboxylic acids is 1. The molecule has 41 heavy (non-hydrogen) atoms. The highest BCUT2D eigenvalue weighted by Gasteiger charge is 2.41. The minimum atomic E-state index is -3.59. The molecule has 2 aromatic heterocycles. The second-order valence-electron chi connectivity index (χ2n) is 12.5. The fourth-order valence-electron chi connectivity index (χ4n) is 6.29. The van der Waals surface area contributed by atoms with E-state index in [-0.39, 0.29) is 21.9 Å². The van der Waals surface area contributed by atoms with Crippen LogP contribution in [-0.4, -0.2) is 42.2 Å². The number of sulfonamides is 1. The van der Waals surface area contributed by atoms with Gasteiger partial charge in [-0.3, -0.25) is 4.79 Å². The molecular weight excluding hydrogens is 573 g/mol. The Bertz CT molecular complexity index is 1700. The molecular formula is C31H36N4O3S3. The lowest BCUT2D eigenvalue weighted by Gasteiger charge is -2.42. The topological polar surface area (TPSA) is 91.4 Å². The van der Waals surface area contributed by atoms with Gasteiger partial charge in [-0.15, -0.1) is 22.7 Å². The summed E-state index contributed by atoms with van der Waals surface area (Å²) in [5.41, 5.74) is 3.15. The Labute approximate surface area is 250 Å². The van der Waals surface area contributed by atoms with Gasteiger partial charge in [0, 0.05) is 40.2 Å². The Balaban J connectivity index is 1.35. The molecule has 1 amide bonds. The summed E-state index contributed by atoms with van der Waals surface area (Å²) in [7, 11) is -3.59. The van der Waals surface area contributed by atoms with E-state index in [2.05, 4.69) is 51.3 Å². The number of hydrogen-bond donors (Lipinski definition) is 2. The van der Waals surface area contributed by atoms with Gasteiger partial charge in [-0.1, -0.05) is 19.1 Å². The summed E-state index contributed by atoms with van der Waals surface area (Å²) >= 11 is 3.23. The summed E-state index contributed by atoms with van der Waals surface area (Å²) in [4.78, 5) is 20.0. The molecule has 2 aliphatic heterocycles. The van der Waals surface area contributed by atoms with Gasteiger partial charge in [0.1, 0.15) is 10.0 Å². The van der Waals surface area contributed by atoms with Crippen LogP contribution in [-0.2, 0) is 22.0 Å². The second-order valence-corrected chi connectivity index (χ2v) is 16.5.